The Morgan fingerprint density at radius 2 is 1.33 bits per heavy atom. The fraction of sp³-hybridized carbons (Fsp3) is 0.684. The molecule has 1 aromatic carbocycles. The third-order valence-electron chi connectivity index (χ3n) is 3.13. The van der Waals surface area contributed by atoms with Gasteiger partial charge in [0.05, 0.1) is 19.8 Å². The second-order valence-corrected chi connectivity index (χ2v) is 4.92. The topological polar surface area (TPSA) is 18.5 Å². The lowest BCUT2D eigenvalue weighted by Crippen LogP contribution is -2.05. The van der Waals surface area contributed by atoms with Crippen LogP contribution in [-0.4, -0.2) is 19.8 Å². The maximum absolute atomic E-state index is 5.55. The summed E-state index contributed by atoms with van der Waals surface area (Å²) in [5.74, 6) is 0. The van der Waals surface area contributed by atoms with Crippen LogP contribution in [0.1, 0.15) is 64.9 Å². The van der Waals surface area contributed by atoms with Gasteiger partial charge in [-0.25, -0.2) is 0 Å². The molecule has 1 aromatic rings. The fourth-order valence-corrected chi connectivity index (χ4v) is 1.97. The van der Waals surface area contributed by atoms with Gasteiger partial charge >= 0.3 is 0 Å². The molecule has 0 unspecified atom stereocenters. The first-order valence-corrected chi connectivity index (χ1v) is 8.63. The average Bonchev–Trinajstić information content (AvgIpc) is 2.55. The molecule has 1 rings (SSSR count). The van der Waals surface area contributed by atoms with Crippen molar-refractivity contribution in [3.05, 3.63) is 35.9 Å². The molecule has 0 spiro atoms. The van der Waals surface area contributed by atoms with E-state index < -0.39 is 0 Å². The Kier molecular flexibility index (Phi) is 16.5. The first kappa shape index (κ1) is 20.1. The molecule has 0 fully saturated rings. The molecule has 0 saturated carbocycles. The van der Waals surface area contributed by atoms with Crippen molar-refractivity contribution in [3.8, 4) is 0 Å². The third-order valence-corrected chi connectivity index (χ3v) is 3.13. The van der Waals surface area contributed by atoms with Gasteiger partial charge in [-0.3, -0.25) is 0 Å². The van der Waals surface area contributed by atoms with E-state index in [1.54, 1.807) is 0 Å². The van der Waals surface area contributed by atoms with Gasteiger partial charge in [0.2, 0.25) is 0 Å². The molecule has 0 heterocycles. The summed E-state index contributed by atoms with van der Waals surface area (Å²) in [6.07, 6.45) is 7.88. The van der Waals surface area contributed by atoms with E-state index >= 15 is 0 Å². The number of hydrogen-bond donors (Lipinski definition) is 0. The minimum absolute atomic E-state index is 0.682. The van der Waals surface area contributed by atoms with Crippen molar-refractivity contribution >= 4 is 0 Å². The molecule has 0 aliphatic rings. The van der Waals surface area contributed by atoms with E-state index in [1.165, 1.54) is 44.1 Å². The van der Waals surface area contributed by atoms with E-state index in [9.17, 15) is 0 Å². The lowest BCUT2D eigenvalue weighted by atomic mass is 10.1. The van der Waals surface area contributed by atoms with Gasteiger partial charge in [0, 0.05) is 6.61 Å². The van der Waals surface area contributed by atoms with Gasteiger partial charge < -0.3 is 9.47 Å². The molecule has 0 aliphatic carbocycles. The van der Waals surface area contributed by atoms with Gasteiger partial charge in [-0.15, -0.1) is 0 Å². The summed E-state index contributed by atoms with van der Waals surface area (Å²) in [5.41, 5.74) is 1.22. The van der Waals surface area contributed by atoms with Crippen molar-refractivity contribution in [2.24, 2.45) is 0 Å². The second kappa shape index (κ2) is 17.2. The van der Waals surface area contributed by atoms with Crippen molar-refractivity contribution in [1.29, 1.82) is 0 Å². The summed E-state index contributed by atoms with van der Waals surface area (Å²) in [6.45, 7) is 9.20. The zero-order valence-electron chi connectivity index (χ0n) is 14.3. The molecule has 0 bridgehead atoms. The Morgan fingerprint density at radius 1 is 0.714 bits per heavy atom. The van der Waals surface area contributed by atoms with E-state index in [2.05, 4.69) is 19.1 Å². The highest BCUT2D eigenvalue weighted by molar-refractivity contribution is 5.13. The molecule has 21 heavy (non-hydrogen) atoms. The minimum Gasteiger partial charge on any atom is -0.379 e. The van der Waals surface area contributed by atoms with Crippen LogP contribution in [0.3, 0.4) is 0 Å². The van der Waals surface area contributed by atoms with Crippen LogP contribution >= 0.6 is 0 Å². The van der Waals surface area contributed by atoms with E-state index in [1.807, 2.05) is 32.0 Å². The summed E-state index contributed by atoms with van der Waals surface area (Å²) in [5, 5.41) is 0. The lowest BCUT2D eigenvalue weighted by molar-refractivity contribution is 0.0393. The molecule has 2 heteroatoms. The summed E-state index contributed by atoms with van der Waals surface area (Å²) in [4.78, 5) is 0. The molecular formula is C19H34O2. The van der Waals surface area contributed by atoms with Gasteiger partial charge in [-0.05, 0) is 12.0 Å². The zero-order valence-corrected chi connectivity index (χ0v) is 14.3. The van der Waals surface area contributed by atoms with Crippen LogP contribution in [-0.2, 0) is 16.1 Å². The Bertz CT molecular complexity index is 285. The monoisotopic (exact) mass is 294 g/mol. The van der Waals surface area contributed by atoms with E-state index in [4.69, 9.17) is 9.47 Å². The number of benzene rings is 1. The maximum atomic E-state index is 5.55. The summed E-state index contributed by atoms with van der Waals surface area (Å²) >= 11 is 0. The number of ether oxygens (including phenoxy) is 2. The van der Waals surface area contributed by atoms with Gasteiger partial charge in [0.25, 0.3) is 0 Å². The van der Waals surface area contributed by atoms with Crippen LogP contribution in [0.15, 0.2) is 30.3 Å². The van der Waals surface area contributed by atoms with Gasteiger partial charge in [0.15, 0.2) is 0 Å². The van der Waals surface area contributed by atoms with Crippen molar-refractivity contribution in [3.63, 3.8) is 0 Å². The predicted octanol–water partition coefficient (Wildman–Crippen LogP) is 5.61. The van der Waals surface area contributed by atoms with Crippen LogP contribution in [0.5, 0.6) is 0 Å². The Morgan fingerprint density at radius 3 is 2.05 bits per heavy atom. The second-order valence-electron chi connectivity index (χ2n) is 4.92. The first-order valence-electron chi connectivity index (χ1n) is 8.63. The quantitative estimate of drug-likeness (QED) is 0.467. The highest BCUT2D eigenvalue weighted by atomic mass is 16.5. The van der Waals surface area contributed by atoms with Gasteiger partial charge in [-0.1, -0.05) is 83.2 Å². The molecule has 2 nitrogen and oxygen atoms in total. The molecule has 0 atom stereocenters. The minimum atomic E-state index is 0.682. The molecule has 0 aromatic heterocycles. The first-order chi connectivity index (χ1) is 10.4. The van der Waals surface area contributed by atoms with Crippen LogP contribution in [0.2, 0.25) is 0 Å². The zero-order chi connectivity index (χ0) is 15.6. The average molecular weight is 294 g/mol. The molecule has 0 aliphatic heterocycles. The normalized spacial score (nSPS) is 10.0. The van der Waals surface area contributed by atoms with Crippen LogP contribution in [0, 0.1) is 0 Å². The summed E-state index contributed by atoms with van der Waals surface area (Å²) in [7, 11) is 0. The van der Waals surface area contributed by atoms with Crippen LogP contribution in [0.25, 0.3) is 0 Å². The molecule has 0 radical (unpaired) electrons. The highest BCUT2D eigenvalue weighted by Gasteiger charge is 1.93. The number of hydrogen-bond acceptors (Lipinski definition) is 2. The maximum Gasteiger partial charge on any atom is 0.0718 e. The smallest absolute Gasteiger partial charge is 0.0718 e. The van der Waals surface area contributed by atoms with Crippen molar-refractivity contribution in [2.45, 2.75) is 65.9 Å². The number of rotatable bonds is 12. The molecule has 0 saturated heterocycles. The third kappa shape index (κ3) is 13.9. The van der Waals surface area contributed by atoms with E-state index in [0.717, 1.165) is 6.61 Å². The van der Waals surface area contributed by atoms with Crippen LogP contribution in [0.4, 0.5) is 0 Å². The Balaban J connectivity index is 0.00000191. The largest absolute Gasteiger partial charge is 0.379 e. The van der Waals surface area contributed by atoms with E-state index in [0.29, 0.717) is 19.8 Å². The Hall–Kier alpha value is -0.860. The van der Waals surface area contributed by atoms with Gasteiger partial charge in [0.1, 0.15) is 0 Å². The van der Waals surface area contributed by atoms with Crippen molar-refractivity contribution < 1.29 is 9.47 Å². The van der Waals surface area contributed by atoms with E-state index in [-0.39, 0.29) is 0 Å². The molecular weight excluding hydrogens is 260 g/mol. The lowest BCUT2D eigenvalue weighted by Gasteiger charge is -2.06. The van der Waals surface area contributed by atoms with Crippen molar-refractivity contribution in [1.82, 2.24) is 0 Å². The summed E-state index contributed by atoms with van der Waals surface area (Å²) < 4.78 is 11.1. The highest BCUT2D eigenvalue weighted by Crippen LogP contribution is 2.05. The predicted molar refractivity (Wildman–Crippen MR) is 91.6 cm³/mol. The number of unbranched alkanes of at least 4 members (excludes halogenated alkanes) is 5. The molecule has 0 amide bonds. The fourth-order valence-electron chi connectivity index (χ4n) is 1.97. The van der Waals surface area contributed by atoms with Gasteiger partial charge in [-0.2, -0.15) is 0 Å². The van der Waals surface area contributed by atoms with Crippen molar-refractivity contribution in [2.75, 3.05) is 19.8 Å². The Labute approximate surface area is 131 Å². The standard InChI is InChI=1S/C17H28O2.C2H6/c1-2-3-4-5-6-10-13-18-14-15-19-16-17-11-8-7-9-12-17;1-2/h7-9,11-12H,2-6,10,13-16H2,1H3;1-2H3. The summed E-state index contributed by atoms with van der Waals surface area (Å²) in [6, 6.07) is 10.3. The molecule has 0 N–H and O–H groups in total. The SMILES string of the molecule is CC.CCCCCCCCOCCOCc1ccccc1. The van der Waals surface area contributed by atoms with Crippen LogP contribution < -0.4 is 0 Å². The molecule has 122 valence electrons.